The minimum absolute atomic E-state index is 0.0929. The molecule has 2 aliphatic heterocycles. The maximum Gasteiger partial charge on any atom is 0.334 e. The number of thioether (sulfide) groups is 1. The number of carbonyl (C=O) groups is 1. The van der Waals surface area contributed by atoms with Crippen molar-refractivity contribution in [3.63, 3.8) is 0 Å². The summed E-state index contributed by atoms with van der Waals surface area (Å²) in [6, 6.07) is 2.15. The maximum atomic E-state index is 10.8. The molecule has 5 heteroatoms. The van der Waals surface area contributed by atoms with Gasteiger partial charge < -0.3 is 10.0 Å². The van der Waals surface area contributed by atoms with Gasteiger partial charge in [0.15, 0.2) is 0 Å². The number of nitrogens with zero attached hydrogens (tertiary/aromatic N) is 2. The summed E-state index contributed by atoms with van der Waals surface area (Å²) in [7, 11) is 0. The van der Waals surface area contributed by atoms with Gasteiger partial charge in [0.25, 0.3) is 0 Å². The molecule has 0 amide bonds. The van der Waals surface area contributed by atoms with Crippen LogP contribution in [0.4, 0.5) is 0 Å². The van der Waals surface area contributed by atoms with Crippen LogP contribution >= 0.6 is 11.8 Å². The molecule has 1 atom stereocenters. The highest BCUT2D eigenvalue weighted by Gasteiger charge is 2.35. The molecule has 0 aromatic heterocycles. The Hall–Kier alpha value is -1.15. The second-order valence-electron chi connectivity index (χ2n) is 3.02. The van der Waals surface area contributed by atoms with Crippen molar-refractivity contribution in [2.75, 3.05) is 13.1 Å². The topological polar surface area (TPSA) is 64.3 Å². The van der Waals surface area contributed by atoms with Crippen LogP contribution in [0.2, 0.25) is 0 Å². The third kappa shape index (κ3) is 1.27. The van der Waals surface area contributed by atoms with Gasteiger partial charge in [-0.05, 0) is 6.42 Å². The molecule has 68 valence electrons. The van der Waals surface area contributed by atoms with Gasteiger partial charge in [-0.2, -0.15) is 5.26 Å². The number of carboxylic acid groups (broad SMARTS) is 1. The van der Waals surface area contributed by atoms with E-state index in [1.807, 2.05) is 4.90 Å². The molecule has 0 aromatic carbocycles. The molecule has 2 aliphatic rings. The first kappa shape index (κ1) is 8.45. The van der Waals surface area contributed by atoms with Gasteiger partial charge in [0.1, 0.15) is 5.25 Å². The highest BCUT2D eigenvalue weighted by Crippen LogP contribution is 2.40. The van der Waals surface area contributed by atoms with Crippen LogP contribution in [0.1, 0.15) is 6.42 Å². The lowest BCUT2D eigenvalue weighted by atomic mass is 10.2. The Morgan fingerprint density at radius 1 is 1.77 bits per heavy atom. The summed E-state index contributed by atoms with van der Waals surface area (Å²) >= 11 is 1.38. The van der Waals surface area contributed by atoms with Crippen molar-refractivity contribution >= 4 is 17.7 Å². The van der Waals surface area contributed by atoms with Crippen LogP contribution < -0.4 is 0 Å². The van der Waals surface area contributed by atoms with Gasteiger partial charge in [-0.3, -0.25) is 0 Å². The van der Waals surface area contributed by atoms with E-state index in [-0.39, 0.29) is 5.25 Å². The quantitative estimate of drug-likeness (QED) is 0.666. The summed E-state index contributed by atoms with van der Waals surface area (Å²) in [5.74, 6) is -0.844. The second-order valence-corrected chi connectivity index (χ2v) is 4.21. The second kappa shape index (κ2) is 2.96. The molecule has 1 saturated heterocycles. The zero-order valence-corrected chi connectivity index (χ0v) is 7.67. The predicted octanol–water partition coefficient (Wildman–Crippen LogP) is 0.627. The average molecular weight is 196 g/mol. The summed E-state index contributed by atoms with van der Waals surface area (Å²) in [6.45, 7) is 1.43. The Morgan fingerprint density at radius 2 is 2.54 bits per heavy atom. The molecule has 2 heterocycles. The van der Waals surface area contributed by atoms with Gasteiger partial charge >= 0.3 is 5.97 Å². The Morgan fingerprint density at radius 3 is 3.15 bits per heavy atom. The van der Waals surface area contributed by atoms with Crippen LogP contribution in [0, 0.1) is 11.3 Å². The summed E-state index contributed by atoms with van der Waals surface area (Å²) in [6.07, 6.45) is 0.607. The van der Waals surface area contributed by atoms with Crippen LogP contribution in [0.25, 0.3) is 0 Å². The van der Waals surface area contributed by atoms with E-state index in [0.29, 0.717) is 18.5 Å². The minimum Gasteiger partial charge on any atom is -0.478 e. The van der Waals surface area contributed by atoms with Crippen molar-refractivity contribution in [1.82, 2.24) is 4.90 Å². The molecule has 13 heavy (non-hydrogen) atoms. The van der Waals surface area contributed by atoms with E-state index in [9.17, 15) is 4.79 Å². The number of hydrogen-bond donors (Lipinski definition) is 1. The van der Waals surface area contributed by atoms with Crippen molar-refractivity contribution in [1.29, 1.82) is 5.26 Å². The number of aliphatic carboxylic acids is 1. The number of rotatable bonds is 1. The third-order valence-electron chi connectivity index (χ3n) is 2.22. The first-order valence-corrected chi connectivity index (χ1v) is 4.88. The van der Waals surface area contributed by atoms with Crippen molar-refractivity contribution < 1.29 is 9.90 Å². The predicted molar refractivity (Wildman–Crippen MR) is 47.8 cm³/mol. The summed E-state index contributed by atoms with van der Waals surface area (Å²) in [4.78, 5) is 12.7. The van der Waals surface area contributed by atoms with E-state index in [1.165, 1.54) is 11.8 Å². The fourth-order valence-corrected chi connectivity index (χ4v) is 2.83. The molecule has 4 nitrogen and oxygen atoms in total. The molecule has 1 fully saturated rings. The average Bonchev–Trinajstić information content (AvgIpc) is 2.59. The van der Waals surface area contributed by atoms with Crippen LogP contribution in [-0.4, -0.2) is 34.3 Å². The lowest BCUT2D eigenvalue weighted by Gasteiger charge is -2.09. The van der Waals surface area contributed by atoms with Crippen molar-refractivity contribution in [3.8, 4) is 6.07 Å². The molecule has 0 aliphatic carbocycles. The molecule has 0 saturated carbocycles. The number of carboxylic acids is 1. The Balaban J connectivity index is 2.27. The van der Waals surface area contributed by atoms with Gasteiger partial charge in [0.05, 0.1) is 16.7 Å². The first-order chi connectivity index (χ1) is 6.22. The molecular weight excluding hydrogens is 188 g/mol. The molecule has 1 N–H and O–H groups in total. The van der Waals surface area contributed by atoms with Gasteiger partial charge in [-0.1, -0.05) is 11.8 Å². The normalized spacial score (nSPS) is 26.1. The maximum absolute atomic E-state index is 10.8. The molecule has 0 bridgehead atoms. The number of hydrogen-bond acceptors (Lipinski definition) is 4. The summed E-state index contributed by atoms with van der Waals surface area (Å²) in [5, 5.41) is 18.2. The van der Waals surface area contributed by atoms with Gasteiger partial charge in [-0.15, -0.1) is 0 Å². The molecule has 2 rings (SSSR count). The lowest BCUT2D eigenvalue weighted by molar-refractivity contribution is -0.132. The smallest absolute Gasteiger partial charge is 0.334 e. The SMILES string of the molecule is N#CC1CN2CCC(C(=O)O)=C2S1. The minimum atomic E-state index is -0.844. The van der Waals surface area contributed by atoms with E-state index in [0.717, 1.165) is 11.6 Å². The zero-order valence-electron chi connectivity index (χ0n) is 6.86. The van der Waals surface area contributed by atoms with Gasteiger partial charge in [0.2, 0.25) is 0 Å². The van der Waals surface area contributed by atoms with Gasteiger partial charge in [0, 0.05) is 13.1 Å². The highest BCUT2D eigenvalue weighted by atomic mass is 32.2. The highest BCUT2D eigenvalue weighted by molar-refractivity contribution is 8.04. The molecule has 0 aromatic rings. The van der Waals surface area contributed by atoms with Crippen molar-refractivity contribution in [3.05, 3.63) is 10.6 Å². The summed E-state index contributed by atoms with van der Waals surface area (Å²) in [5.41, 5.74) is 0.475. The fourth-order valence-electron chi connectivity index (χ4n) is 1.60. The monoisotopic (exact) mass is 196 g/mol. The van der Waals surface area contributed by atoms with Crippen LogP contribution in [0.5, 0.6) is 0 Å². The molecule has 1 unspecified atom stereocenters. The standard InChI is InChI=1S/C8H8N2O2S/c9-3-5-4-10-2-1-6(8(11)12)7(10)13-5/h5H,1-2,4H2,(H,11,12). The van der Waals surface area contributed by atoms with E-state index >= 15 is 0 Å². The molecule has 0 radical (unpaired) electrons. The van der Waals surface area contributed by atoms with E-state index < -0.39 is 5.97 Å². The van der Waals surface area contributed by atoms with E-state index in [2.05, 4.69) is 6.07 Å². The van der Waals surface area contributed by atoms with Crippen LogP contribution in [0.3, 0.4) is 0 Å². The Kier molecular flexibility index (Phi) is 1.93. The van der Waals surface area contributed by atoms with Crippen molar-refractivity contribution in [2.24, 2.45) is 0 Å². The Bertz CT molecular complexity index is 332. The number of nitriles is 1. The Labute approximate surface area is 79.8 Å². The van der Waals surface area contributed by atoms with Crippen molar-refractivity contribution in [2.45, 2.75) is 11.7 Å². The van der Waals surface area contributed by atoms with E-state index in [4.69, 9.17) is 10.4 Å². The molecular formula is C8H8N2O2S. The largest absolute Gasteiger partial charge is 0.478 e. The van der Waals surface area contributed by atoms with Crippen LogP contribution in [-0.2, 0) is 4.79 Å². The fraction of sp³-hybridized carbons (Fsp3) is 0.500. The third-order valence-corrected chi connectivity index (χ3v) is 3.49. The zero-order chi connectivity index (χ0) is 9.42. The lowest BCUT2D eigenvalue weighted by Crippen LogP contribution is -2.17. The molecule has 0 spiro atoms. The van der Waals surface area contributed by atoms with E-state index in [1.54, 1.807) is 0 Å². The first-order valence-electron chi connectivity index (χ1n) is 4.00. The van der Waals surface area contributed by atoms with Crippen LogP contribution in [0.15, 0.2) is 10.6 Å². The number of fused-ring (bicyclic) bond motifs is 1. The van der Waals surface area contributed by atoms with Gasteiger partial charge in [-0.25, -0.2) is 4.79 Å². The summed E-state index contributed by atoms with van der Waals surface area (Å²) < 4.78 is 0.